The van der Waals surface area contributed by atoms with Gasteiger partial charge in [0.05, 0.1) is 18.4 Å². The van der Waals surface area contributed by atoms with Gasteiger partial charge < -0.3 is 30.2 Å². The number of nitrogens with zero attached hydrogens (tertiary/aromatic N) is 3. The van der Waals surface area contributed by atoms with Crippen LogP contribution in [0, 0.1) is 17.6 Å². The Labute approximate surface area is 373 Å². The predicted octanol–water partition coefficient (Wildman–Crippen LogP) is 6.67. The number of aromatic nitrogens is 1. The lowest BCUT2D eigenvalue weighted by Crippen LogP contribution is -2.43. The summed E-state index contributed by atoms with van der Waals surface area (Å²) >= 11 is 1.33. The first-order valence-electron chi connectivity index (χ1n) is 21.7. The molecule has 2 heterocycles. The lowest BCUT2D eigenvalue weighted by molar-refractivity contribution is -0.141. The minimum Gasteiger partial charge on any atom is -0.450 e. The van der Waals surface area contributed by atoms with Crippen LogP contribution < -0.4 is 16.0 Å². The molecule has 1 saturated carbocycles. The van der Waals surface area contributed by atoms with Gasteiger partial charge in [-0.15, -0.1) is 0 Å². The highest BCUT2D eigenvalue weighted by atomic mass is 32.2. The molecular formula is C46H60F2N6O7SSi. The molecule has 0 bridgehead atoms. The fourth-order valence-electron chi connectivity index (χ4n) is 7.71. The Morgan fingerprint density at radius 1 is 0.889 bits per heavy atom. The first-order chi connectivity index (χ1) is 30.2. The summed E-state index contributed by atoms with van der Waals surface area (Å²) in [6.07, 6.45) is 8.89. The molecule has 3 N–H and O–H groups in total. The van der Waals surface area contributed by atoms with Crippen LogP contribution >= 0.6 is 11.8 Å². The molecular weight excluding hydrogens is 847 g/mol. The molecule has 1 aliphatic heterocycles. The Morgan fingerprint density at radius 2 is 1.59 bits per heavy atom. The van der Waals surface area contributed by atoms with Gasteiger partial charge in [-0.2, -0.15) is 11.8 Å². The summed E-state index contributed by atoms with van der Waals surface area (Å²) in [5, 5.41) is 8.16. The standard InChI is InChI=1S/C46H60F2N6O7SSi/c1-63(2,3)26-24-61-46(60)51-20-10-23-53(44(59)32-62-25-19-40(55)49-21-22-50-41(56)31-54-42(57)17-18-43(54)58)45(34-13-8-5-9-14-34)39-27-35(37-28-36(47)15-16-38(37)48)30-52(39)29-33-11-6-4-7-12-33/h4,6-7,11-12,15-18,27-28,30,34,45H,5,8-10,13-14,19-26,29,31-32H2,1-3H3,(H,49,55)(H,50,56)(H,51,60). The van der Waals surface area contributed by atoms with Gasteiger partial charge in [-0.05, 0) is 61.1 Å². The van der Waals surface area contributed by atoms with Crippen LogP contribution in [0.25, 0.3) is 11.1 Å². The van der Waals surface area contributed by atoms with Gasteiger partial charge in [0.15, 0.2) is 0 Å². The molecule has 17 heteroatoms. The van der Waals surface area contributed by atoms with E-state index in [1.54, 1.807) is 0 Å². The van der Waals surface area contributed by atoms with Gasteiger partial charge in [0.25, 0.3) is 11.8 Å². The van der Waals surface area contributed by atoms with Gasteiger partial charge in [0.2, 0.25) is 17.7 Å². The van der Waals surface area contributed by atoms with Crippen molar-refractivity contribution in [1.82, 2.24) is 30.3 Å². The molecule has 63 heavy (non-hydrogen) atoms. The normalized spacial score (nSPS) is 14.7. The van der Waals surface area contributed by atoms with Crippen molar-refractivity contribution in [2.24, 2.45) is 5.92 Å². The summed E-state index contributed by atoms with van der Waals surface area (Å²) in [6, 6.07) is 15.5. The van der Waals surface area contributed by atoms with Gasteiger partial charge in [-0.25, -0.2) is 13.6 Å². The Bertz CT molecular complexity index is 2070. The molecule has 0 radical (unpaired) electrons. The average molecular weight is 907 g/mol. The third-order valence-electron chi connectivity index (χ3n) is 11.0. The number of halogens is 2. The van der Waals surface area contributed by atoms with E-state index in [0.29, 0.717) is 37.4 Å². The third-order valence-corrected chi connectivity index (χ3v) is 13.7. The summed E-state index contributed by atoms with van der Waals surface area (Å²) in [5.74, 6) is -2.68. The van der Waals surface area contributed by atoms with Gasteiger partial charge in [0, 0.05) is 88.1 Å². The number of alkyl carbamates (subject to hydrolysis) is 1. The Morgan fingerprint density at radius 3 is 2.29 bits per heavy atom. The minimum atomic E-state index is -1.40. The van der Waals surface area contributed by atoms with Crippen molar-refractivity contribution in [3.63, 3.8) is 0 Å². The first-order valence-corrected chi connectivity index (χ1v) is 26.6. The maximum Gasteiger partial charge on any atom is 0.407 e. The Balaban J connectivity index is 1.30. The largest absolute Gasteiger partial charge is 0.450 e. The lowest BCUT2D eigenvalue weighted by Gasteiger charge is -2.40. The van der Waals surface area contributed by atoms with Crippen LogP contribution in [-0.4, -0.2) is 109 Å². The smallest absolute Gasteiger partial charge is 0.407 e. The van der Waals surface area contributed by atoms with Crippen LogP contribution in [0.1, 0.15) is 62.2 Å². The highest BCUT2D eigenvalue weighted by Crippen LogP contribution is 2.41. The number of nitrogens with one attached hydrogen (secondary N) is 3. The zero-order valence-electron chi connectivity index (χ0n) is 36.5. The average Bonchev–Trinajstić information content (AvgIpc) is 3.80. The highest BCUT2D eigenvalue weighted by Gasteiger charge is 2.35. The number of hydrogen-bond donors (Lipinski definition) is 3. The van der Waals surface area contributed by atoms with Crippen LogP contribution in [0.5, 0.6) is 0 Å². The molecule has 0 saturated heterocycles. The monoisotopic (exact) mass is 906 g/mol. The molecule has 1 fully saturated rings. The van der Waals surface area contributed by atoms with Crippen molar-refractivity contribution in [2.75, 3.05) is 50.8 Å². The van der Waals surface area contributed by atoms with Crippen molar-refractivity contribution in [3.05, 3.63) is 95.8 Å². The van der Waals surface area contributed by atoms with Crippen LogP contribution in [0.3, 0.4) is 0 Å². The van der Waals surface area contributed by atoms with Gasteiger partial charge in [0.1, 0.15) is 18.2 Å². The molecule has 1 atom stereocenters. The molecule has 1 aliphatic carbocycles. The van der Waals surface area contributed by atoms with Crippen molar-refractivity contribution in [2.45, 2.75) is 83.2 Å². The van der Waals surface area contributed by atoms with Gasteiger partial charge >= 0.3 is 6.09 Å². The van der Waals surface area contributed by atoms with Crippen molar-refractivity contribution in [3.8, 4) is 11.1 Å². The lowest BCUT2D eigenvalue weighted by atomic mass is 9.81. The fraction of sp³-hybridized carbons (Fsp3) is 0.478. The van der Waals surface area contributed by atoms with Crippen LogP contribution in [0.15, 0.2) is 72.9 Å². The number of amides is 6. The first kappa shape index (κ1) is 48.7. The minimum absolute atomic E-state index is 0.0704. The molecule has 6 amide bonds. The summed E-state index contributed by atoms with van der Waals surface area (Å²) < 4.78 is 37.4. The van der Waals surface area contributed by atoms with E-state index in [-0.39, 0.29) is 55.1 Å². The van der Waals surface area contributed by atoms with Crippen LogP contribution in [0.4, 0.5) is 13.6 Å². The topological polar surface area (TPSA) is 159 Å². The highest BCUT2D eigenvalue weighted by molar-refractivity contribution is 7.99. The number of carbonyl (C=O) groups excluding carboxylic acids is 6. The second-order valence-corrected chi connectivity index (χ2v) is 23.9. The van der Waals surface area contributed by atoms with E-state index in [0.717, 1.165) is 78.6 Å². The Kier molecular flexibility index (Phi) is 18.5. The number of thioether (sulfide) groups is 1. The molecule has 2 aromatic carbocycles. The van der Waals surface area contributed by atoms with E-state index in [4.69, 9.17) is 4.74 Å². The number of benzene rings is 2. The summed E-state index contributed by atoms with van der Waals surface area (Å²) in [4.78, 5) is 78.2. The van der Waals surface area contributed by atoms with E-state index < -0.39 is 56.1 Å². The maximum atomic E-state index is 15.4. The zero-order chi connectivity index (χ0) is 45.4. The molecule has 3 aromatic rings. The molecule has 1 aromatic heterocycles. The van der Waals surface area contributed by atoms with Crippen molar-refractivity contribution in [1.29, 1.82) is 0 Å². The molecule has 0 spiro atoms. The van der Waals surface area contributed by atoms with Crippen molar-refractivity contribution < 1.29 is 42.3 Å². The predicted molar refractivity (Wildman–Crippen MR) is 242 cm³/mol. The van der Waals surface area contributed by atoms with E-state index >= 15 is 4.39 Å². The SMILES string of the molecule is C[Si](C)(C)CCOC(=O)NCCCN(C(=O)CSCCC(=O)NCCNC(=O)CN1C(=O)C=CC1=O)C(c1cc(-c2cc(F)ccc2F)cn1Cc1ccccc1)C1CCCCC1. The van der Waals surface area contributed by atoms with Crippen LogP contribution in [0.2, 0.25) is 25.7 Å². The molecule has 5 rings (SSSR count). The van der Waals surface area contributed by atoms with Crippen LogP contribution in [-0.2, 0) is 35.3 Å². The summed E-state index contributed by atoms with van der Waals surface area (Å²) in [7, 11) is -1.40. The van der Waals surface area contributed by atoms with Gasteiger partial charge in [-0.1, -0.05) is 69.2 Å². The summed E-state index contributed by atoms with van der Waals surface area (Å²) in [5.41, 5.74) is 2.44. The fourth-order valence-corrected chi connectivity index (χ4v) is 9.24. The van der Waals surface area contributed by atoms with E-state index in [9.17, 15) is 33.2 Å². The second kappa shape index (κ2) is 24.0. The number of hydrogen-bond acceptors (Lipinski definition) is 8. The summed E-state index contributed by atoms with van der Waals surface area (Å²) in [6.45, 7) is 7.81. The Hall–Kier alpha value is -5.29. The van der Waals surface area contributed by atoms with Gasteiger partial charge in [-0.3, -0.25) is 28.9 Å². The van der Waals surface area contributed by atoms with Crippen molar-refractivity contribution >= 4 is 55.5 Å². The zero-order valence-corrected chi connectivity index (χ0v) is 38.3. The molecule has 2 aliphatic rings. The third kappa shape index (κ3) is 15.5. The molecule has 13 nitrogen and oxygen atoms in total. The molecule has 1 unspecified atom stereocenters. The van der Waals surface area contributed by atoms with E-state index in [2.05, 4.69) is 35.6 Å². The quantitative estimate of drug-likeness (QED) is 0.0541. The van der Waals surface area contributed by atoms with E-state index in [1.165, 1.54) is 17.8 Å². The maximum absolute atomic E-state index is 15.4. The second-order valence-electron chi connectivity index (χ2n) is 17.1. The number of ether oxygens (including phenoxy) is 1. The molecule has 340 valence electrons. The van der Waals surface area contributed by atoms with E-state index in [1.807, 2.05) is 52.1 Å². The number of rotatable bonds is 23. The number of carbonyl (C=O) groups is 6. The number of imide groups is 1.